The van der Waals surface area contributed by atoms with E-state index in [1.54, 1.807) is 36.7 Å². The molecule has 3 rings (SSSR count). The van der Waals surface area contributed by atoms with E-state index in [1.165, 1.54) is 0 Å². The van der Waals surface area contributed by atoms with Crippen molar-refractivity contribution >= 4 is 17.5 Å². The first-order valence-electron chi connectivity index (χ1n) is 8.60. The first kappa shape index (κ1) is 19.1. The molecule has 0 amide bonds. The van der Waals surface area contributed by atoms with Crippen LogP contribution in [0, 0.1) is 5.82 Å². The van der Waals surface area contributed by atoms with Gasteiger partial charge in [-0.3, -0.25) is 0 Å². The van der Waals surface area contributed by atoms with Crippen LogP contribution in [0.4, 0.5) is 10.3 Å². The van der Waals surface area contributed by atoms with E-state index in [0.717, 1.165) is 5.56 Å². The monoisotopic (exact) mass is 386 g/mol. The summed E-state index contributed by atoms with van der Waals surface area (Å²) >= 11 is 6.17. The van der Waals surface area contributed by atoms with Gasteiger partial charge in [-0.2, -0.15) is 0 Å². The fraction of sp³-hybridized carbons (Fsp3) is 0.200. The summed E-state index contributed by atoms with van der Waals surface area (Å²) in [6.07, 6.45) is 3.90. The summed E-state index contributed by atoms with van der Waals surface area (Å²) in [6, 6.07) is 11.9. The zero-order valence-corrected chi connectivity index (χ0v) is 15.6. The predicted molar refractivity (Wildman–Crippen MR) is 105 cm³/mol. The minimum atomic E-state index is -0.510. The van der Waals surface area contributed by atoms with E-state index >= 15 is 4.39 Å². The Kier molecular flexibility index (Phi) is 6.21. The molecule has 0 fully saturated rings. The average Bonchev–Trinajstić information content (AvgIpc) is 2.71. The Balaban J connectivity index is 1.88. The summed E-state index contributed by atoms with van der Waals surface area (Å²) < 4.78 is 20.8. The number of halogens is 2. The van der Waals surface area contributed by atoms with Crippen molar-refractivity contribution in [1.82, 2.24) is 9.97 Å². The van der Waals surface area contributed by atoms with E-state index in [9.17, 15) is 0 Å². The number of aromatic nitrogens is 2. The third kappa shape index (κ3) is 4.53. The van der Waals surface area contributed by atoms with E-state index in [2.05, 4.69) is 15.3 Å². The summed E-state index contributed by atoms with van der Waals surface area (Å²) in [7, 11) is 0. The normalized spacial score (nSPS) is 11.9. The summed E-state index contributed by atoms with van der Waals surface area (Å²) in [5.41, 5.74) is 6.81. The molecule has 3 N–H and O–H groups in total. The first-order chi connectivity index (χ1) is 13.1. The minimum absolute atomic E-state index is 0.0000136. The minimum Gasteiger partial charge on any atom is -0.453 e. The van der Waals surface area contributed by atoms with Gasteiger partial charge in [-0.15, -0.1) is 0 Å². The lowest BCUT2D eigenvalue weighted by Gasteiger charge is -2.20. The second-order valence-corrected chi connectivity index (χ2v) is 6.33. The molecule has 0 aliphatic carbocycles. The Morgan fingerprint density at radius 1 is 1.15 bits per heavy atom. The second-order valence-electron chi connectivity index (χ2n) is 5.92. The average molecular weight is 387 g/mol. The van der Waals surface area contributed by atoms with Gasteiger partial charge in [0.1, 0.15) is 5.75 Å². The van der Waals surface area contributed by atoms with Crippen LogP contribution >= 0.6 is 11.6 Å². The molecule has 0 spiro atoms. The molecule has 1 heterocycles. The molecule has 0 saturated carbocycles. The van der Waals surface area contributed by atoms with Crippen molar-refractivity contribution in [3.63, 3.8) is 0 Å². The van der Waals surface area contributed by atoms with Crippen molar-refractivity contribution in [1.29, 1.82) is 0 Å². The Morgan fingerprint density at radius 3 is 2.48 bits per heavy atom. The number of nitrogens with zero attached hydrogens (tertiary/aromatic N) is 2. The zero-order valence-electron chi connectivity index (χ0n) is 14.8. The molecule has 2 aromatic carbocycles. The molecule has 3 aromatic rings. The zero-order chi connectivity index (χ0) is 19.2. The Hall–Kier alpha value is -2.70. The van der Waals surface area contributed by atoms with Gasteiger partial charge in [0, 0.05) is 30.1 Å². The van der Waals surface area contributed by atoms with E-state index in [-0.39, 0.29) is 16.8 Å². The molecule has 1 atom stereocenters. The van der Waals surface area contributed by atoms with Crippen molar-refractivity contribution in [2.24, 2.45) is 5.73 Å². The lowest BCUT2D eigenvalue weighted by atomic mass is 10.0. The number of para-hydroxylation sites is 1. The number of anilines is 1. The summed E-state index contributed by atoms with van der Waals surface area (Å²) in [4.78, 5) is 8.44. The van der Waals surface area contributed by atoms with E-state index in [0.29, 0.717) is 30.2 Å². The van der Waals surface area contributed by atoms with Gasteiger partial charge < -0.3 is 15.8 Å². The standard InChI is InChI=1S/C20H20ClFN4O/c1-2-17(26-20-24-11-13(10-23)12-25-20)15-8-9-16(21)19(18(15)22)27-14-6-4-3-5-7-14/h3-9,11-12,17H,2,10,23H2,1H3,(H,24,25,26)/t17-/m0/s1. The number of nitrogens with two attached hydrogens (primary N) is 1. The van der Waals surface area contributed by atoms with E-state index in [1.807, 2.05) is 25.1 Å². The summed E-state index contributed by atoms with van der Waals surface area (Å²) in [5, 5.41) is 3.35. The molecule has 5 nitrogen and oxygen atoms in total. The van der Waals surface area contributed by atoms with Gasteiger partial charge in [0.25, 0.3) is 0 Å². The van der Waals surface area contributed by atoms with Gasteiger partial charge in [-0.1, -0.05) is 42.8 Å². The topological polar surface area (TPSA) is 73.1 Å². The molecule has 1 aromatic heterocycles. The van der Waals surface area contributed by atoms with Crippen LogP contribution in [-0.2, 0) is 6.54 Å². The van der Waals surface area contributed by atoms with Crippen LogP contribution in [0.2, 0.25) is 5.02 Å². The number of hydrogen-bond donors (Lipinski definition) is 2. The maximum atomic E-state index is 15.2. The lowest BCUT2D eigenvalue weighted by Crippen LogP contribution is -2.14. The van der Waals surface area contributed by atoms with E-state index in [4.69, 9.17) is 22.1 Å². The van der Waals surface area contributed by atoms with E-state index < -0.39 is 5.82 Å². The van der Waals surface area contributed by atoms with Crippen LogP contribution in [0.5, 0.6) is 11.5 Å². The molecule has 0 aliphatic rings. The Morgan fingerprint density at radius 2 is 1.85 bits per heavy atom. The first-order valence-corrected chi connectivity index (χ1v) is 8.98. The number of hydrogen-bond acceptors (Lipinski definition) is 5. The van der Waals surface area contributed by atoms with Crippen LogP contribution in [-0.4, -0.2) is 9.97 Å². The smallest absolute Gasteiger partial charge is 0.223 e. The quantitative estimate of drug-likeness (QED) is 0.592. The van der Waals surface area contributed by atoms with Gasteiger partial charge in [0.05, 0.1) is 11.1 Å². The molecule has 7 heteroatoms. The molecule has 140 valence electrons. The summed E-state index contributed by atoms with van der Waals surface area (Å²) in [6.45, 7) is 2.31. The van der Waals surface area contributed by atoms with Crippen molar-refractivity contribution in [3.8, 4) is 11.5 Å². The number of nitrogens with one attached hydrogen (secondary N) is 1. The van der Waals surface area contributed by atoms with Gasteiger partial charge in [-0.25, -0.2) is 14.4 Å². The Bertz CT molecular complexity index is 890. The van der Waals surface area contributed by atoms with Crippen molar-refractivity contribution in [2.75, 3.05) is 5.32 Å². The fourth-order valence-corrected chi connectivity index (χ4v) is 2.79. The maximum Gasteiger partial charge on any atom is 0.223 e. The SMILES string of the molecule is CC[C@H](Nc1ncc(CN)cn1)c1ccc(Cl)c(Oc2ccccc2)c1F. The highest BCUT2D eigenvalue weighted by molar-refractivity contribution is 6.32. The van der Waals surface area contributed by atoms with Crippen molar-refractivity contribution in [3.05, 3.63) is 76.8 Å². The molecular weight excluding hydrogens is 367 g/mol. The Labute approximate surface area is 162 Å². The van der Waals surface area contributed by atoms with Gasteiger partial charge in [0.2, 0.25) is 5.95 Å². The summed E-state index contributed by atoms with van der Waals surface area (Å²) in [5.74, 6) is 0.403. The highest BCUT2D eigenvalue weighted by Gasteiger charge is 2.21. The highest BCUT2D eigenvalue weighted by atomic mass is 35.5. The highest BCUT2D eigenvalue weighted by Crippen LogP contribution is 2.37. The second kappa shape index (κ2) is 8.79. The van der Waals surface area contributed by atoms with Crippen LogP contribution in [0.15, 0.2) is 54.9 Å². The molecule has 0 bridgehead atoms. The van der Waals surface area contributed by atoms with Crippen LogP contribution in [0.25, 0.3) is 0 Å². The van der Waals surface area contributed by atoms with Crippen LogP contribution < -0.4 is 15.8 Å². The molecule has 0 unspecified atom stereocenters. The number of benzene rings is 2. The molecular formula is C20H20ClFN4O. The molecule has 0 radical (unpaired) electrons. The van der Waals surface area contributed by atoms with Crippen molar-refractivity contribution < 1.29 is 9.13 Å². The van der Waals surface area contributed by atoms with Gasteiger partial charge in [0.15, 0.2) is 11.6 Å². The van der Waals surface area contributed by atoms with Gasteiger partial charge >= 0.3 is 0 Å². The fourth-order valence-electron chi connectivity index (χ4n) is 2.61. The van der Waals surface area contributed by atoms with Gasteiger partial charge in [-0.05, 0) is 24.6 Å². The number of rotatable bonds is 7. The largest absolute Gasteiger partial charge is 0.453 e. The third-order valence-corrected chi connectivity index (χ3v) is 4.37. The predicted octanol–water partition coefficient (Wildman–Crippen LogP) is 5.08. The molecule has 27 heavy (non-hydrogen) atoms. The molecule has 0 saturated heterocycles. The van der Waals surface area contributed by atoms with Crippen molar-refractivity contribution in [2.45, 2.75) is 25.9 Å². The van der Waals surface area contributed by atoms with Crippen LogP contribution in [0.3, 0.4) is 0 Å². The maximum absolute atomic E-state index is 15.2. The molecule has 0 aliphatic heterocycles. The lowest BCUT2D eigenvalue weighted by molar-refractivity contribution is 0.435. The number of ether oxygens (including phenoxy) is 1. The third-order valence-electron chi connectivity index (χ3n) is 4.07. The van der Waals surface area contributed by atoms with Crippen LogP contribution in [0.1, 0.15) is 30.5 Å².